The average molecular weight is 650 g/mol. The third-order valence-electron chi connectivity index (χ3n) is 8.65. The van der Waals surface area contributed by atoms with Crippen LogP contribution in [0.4, 0.5) is 5.69 Å². The molecule has 2 N–H and O–H groups in total. The van der Waals surface area contributed by atoms with Gasteiger partial charge in [-0.1, -0.05) is 36.4 Å². The van der Waals surface area contributed by atoms with Gasteiger partial charge in [0.2, 0.25) is 11.8 Å². The topological polar surface area (TPSA) is 109 Å². The monoisotopic (exact) mass is 648 g/mol. The van der Waals surface area contributed by atoms with E-state index in [1.165, 1.54) is 15.8 Å². The summed E-state index contributed by atoms with van der Waals surface area (Å²) >= 11 is 3.43. The quantitative estimate of drug-likeness (QED) is 0.359. The Balaban J connectivity index is 0.996. The van der Waals surface area contributed by atoms with Gasteiger partial charge in [-0.05, 0) is 70.6 Å². The number of anilines is 1. The van der Waals surface area contributed by atoms with E-state index < -0.39 is 0 Å². The molecule has 3 unspecified atom stereocenters. The minimum absolute atomic E-state index is 0.110. The highest BCUT2D eigenvalue weighted by molar-refractivity contribution is 9.10. The van der Waals surface area contributed by atoms with E-state index in [0.29, 0.717) is 23.2 Å². The van der Waals surface area contributed by atoms with Crippen molar-refractivity contribution in [3.05, 3.63) is 86.2 Å². The molecule has 1 aromatic heterocycles. The number of carbonyl (C=O) groups is 2. The van der Waals surface area contributed by atoms with Crippen LogP contribution in [0.5, 0.6) is 5.75 Å². The first kappa shape index (κ1) is 29.5. The first-order valence-electron chi connectivity index (χ1n) is 14.8. The van der Waals surface area contributed by atoms with E-state index in [9.17, 15) is 14.4 Å². The number of nitrogens with zero attached hydrogens (tertiary/aromatic N) is 4. The molecule has 0 spiro atoms. The fourth-order valence-corrected chi connectivity index (χ4v) is 6.86. The number of carbonyl (C=O) groups excluding carboxylic acids is 2. The molecule has 4 heterocycles. The van der Waals surface area contributed by atoms with Crippen molar-refractivity contribution in [1.82, 2.24) is 24.9 Å². The maximum atomic E-state index is 12.3. The lowest BCUT2D eigenvalue weighted by Crippen LogP contribution is -2.53. The summed E-state index contributed by atoms with van der Waals surface area (Å²) in [6.45, 7) is 4.45. The Morgan fingerprint density at radius 3 is 2.58 bits per heavy atom. The number of aromatic nitrogens is 2. The molecule has 0 bridgehead atoms. The number of halogens is 1. The smallest absolute Gasteiger partial charge is 0.282 e. The SMILES string of the molecule is CN1CC(Nc2cnn(C)c(=O)c2Br)CC(c2ccc(CN3CC(Oc4cccc(C5CCC(=O)NC5=O)c4)C3)cc2)C1. The maximum absolute atomic E-state index is 12.3. The van der Waals surface area contributed by atoms with Gasteiger partial charge in [0.15, 0.2) is 0 Å². The molecule has 43 heavy (non-hydrogen) atoms. The molecular weight excluding hydrogens is 612 g/mol. The molecule has 3 saturated heterocycles. The number of amides is 2. The summed E-state index contributed by atoms with van der Waals surface area (Å²) in [6, 6.07) is 16.9. The molecule has 3 fully saturated rings. The number of nitrogens with one attached hydrogen (secondary N) is 2. The number of ether oxygens (including phenoxy) is 1. The molecule has 2 amide bonds. The van der Waals surface area contributed by atoms with Gasteiger partial charge in [0.05, 0.1) is 17.8 Å². The molecule has 0 saturated carbocycles. The number of likely N-dealkylation sites (tertiary alicyclic amines) is 2. The minimum Gasteiger partial charge on any atom is -0.488 e. The van der Waals surface area contributed by atoms with Gasteiger partial charge >= 0.3 is 0 Å². The summed E-state index contributed by atoms with van der Waals surface area (Å²) in [5.41, 5.74) is 4.07. The predicted molar refractivity (Wildman–Crippen MR) is 167 cm³/mol. The number of hydrogen-bond donors (Lipinski definition) is 2. The fourth-order valence-electron chi connectivity index (χ4n) is 6.38. The van der Waals surface area contributed by atoms with Gasteiger partial charge in [0.1, 0.15) is 16.3 Å². The highest BCUT2D eigenvalue weighted by atomic mass is 79.9. The zero-order valence-electron chi connectivity index (χ0n) is 24.5. The Morgan fingerprint density at radius 1 is 1.02 bits per heavy atom. The van der Waals surface area contributed by atoms with Crippen LogP contribution in [0.3, 0.4) is 0 Å². The lowest BCUT2D eigenvalue weighted by atomic mass is 9.87. The number of piperidine rings is 2. The van der Waals surface area contributed by atoms with Gasteiger partial charge in [-0.15, -0.1) is 0 Å². The first-order chi connectivity index (χ1) is 20.7. The van der Waals surface area contributed by atoms with Crippen molar-refractivity contribution in [3.8, 4) is 5.75 Å². The molecule has 0 radical (unpaired) electrons. The molecule has 0 aliphatic carbocycles. The van der Waals surface area contributed by atoms with Crippen LogP contribution in [0.2, 0.25) is 0 Å². The van der Waals surface area contributed by atoms with Crippen LogP contribution in [-0.4, -0.2) is 76.8 Å². The second-order valence-electron chi connectivity index (χ2n) is 12.0. The third kappa shape index (κ3) is 6.84. The summed E-state index contributed by atoms with van der Waals surface area (Å²) in [6.07, 6.45) is 3.68. The number of benzene rings is 2. The summed E-state index contributed by atoms with van der Waals surface area (Å²) in [5.74, 6) is 0.413. The standard InChI is InChI=1S/C32H37BrN6O4/c1-37-16-23(12-24(17-37)35-28-14-34-38(2)32(42)30(28)33)21-8-6-20(7-9-21)15-39-18-26(19-39)43-25-5-3-4-22(13-25)27-10-11-29(40)36-31(27)41/h3-9,13-14,23-24,26-27,35H,10-12,15-19H2,1-2H3,(H,36,40,41). The molecule has 3 aliphatic heterocycles. The summed E-state index contributed by atoms with van der Waals surface area (Å²) in [4.78, 5) is 40.7. The molecule has 3 atom stereocenters. The van der Waals surface area contributed by atoms with Crippen LogP contribution in [0.15, 0.2) is 64.0 Å². The van der Waals surface area contributed by atoms with E-state index in [4.69, 9.17) is 4.74 Å². The number of rotatable bonds is 8. The second-order valence-corrected chi connectivity index (χ2v) is 12.8. The molecule has 6 rings (SSSR count). The number of imide groups is 1. The van der Waals surface area contributed by atoms with Crippen LogP contribution in [-0.2, 0) is 23.2 Å². The van der Waals surface area contributed by atoms with E-state index in [-0.39, 0.29) is 35.4 Å². The highest BCUT2D eigenvalue weighted by Gasteiger charge is 2.31. The van der Waals surface area contributed by atoms with Crippen molar-refractivity contribution < 1.29 is 14.3 Å². The fraction of sp³-hybridized carbons (Fsp3) is 0.438. The summed E-state index contributed by atoms with van der Waals surface area (Å²) in [7, 11) is 3.78. The van der Waals surface area contributed by atoms with Gasteiger partial charge in [0, 0.05) is 52.2 Å². The second kappa shape index (κ2) is 12.6. The van der Waals surface area contributed by atoms with Gasteiger partial charge < -0.3 is 15.0 Å². The van der Waals surface area contributed by atoms with Crippen LogP contribution in [0.25, 0.3) is 0 Å². The molecule has 3 aromatic rings. The van der Waals surface area contributed by atoms with Crippen molar-refractivity contribution in [2.45, 2.75) is 49.8 Å². The molecule has 11 heteroatoms. The Labute approximate surface area is 259 Å². The Morgan fingerprint density at radius 2 is 1.81 bits per heavy atom. The lowest BCUT2D eigenvalue weighted by molar-refractivity contribution is -0.134. The zero-order valence-corrected chi connectivity index (χ0v) is 26.0. The van der Waals surface area contributed by atoms with E-state index in [1.54, 1.807) is 13.2 Å². The van der Waals surface area contributed by atoms with Crippen LogP contribution >= 0.6 is 15.9 Å². The Bertz CT molecular complexity index is 1550. The average Bonchev–Trinajstić information content (AvgIpc) is 2.96. The van der Waals surface area contributed by atoms with E-state index in [2.05, 4.69) is 72.8 Å². The molecule has 226 valence electrons. The van der Waals surface area contributed by atoms with Gasteiger partial charge in [-0.2, -0.15) is 5.10 Å². The summed E-state index contributed by atoms with van der Waals surface area (Å²) < 4.78 is 8.05. The first-order valence-corrected chi connectivity index (χ1v) is 15.6. The highest BCUT2D eigenvalue weighted by Crippen LogP contribution is 2.31. The predicted octanol–water partition coefficient (Wildman–Crippen LogP) is 3.23. The lowest BCUT2D eigenvalue weighted by Gasteiger charge is -2.39. The van der Waals surface area contributed by atoms with Gasteiger partial charge in [-0.3, -0.25) is 24.6 Å². The molecular formula is C32H37BrN6O4. The normalized spacial score (nSPS) is 23.5. The maximum Gasteiger partial charge on any atom is 0.282 e. The van der Waals surface area contributed by atoms with Crippen molar-refractivity contribution >= 4 is 33.4 Å². The molecule has 3 aliphatic rings. The number of aryl methyl sites for hydroxylation is 1. The number of hydrogen-bond acceptors (Lipinski definition) is 8. The van der Waals surface area contributed by atoms with Crippen molar-refractivity contribution in [2.75, 3.05) is 38.5 Å². The van der Waals surface area contributed by atoms with E-state index >= 15 is 0 Å². The van der Waals surface area contributed by atoms with Crippen LogP contribution in [0, 0.1) is 0 Å². The van der Waals surface area contributed by atoms with E-state index in [1.807, 2.05) is 24.3 Å². The minimum atomic E-state index is -0.308. The van der Waals surface area contributed by atoms with Crippen molar-refractivity contribution in [2.24, 2.45) is 7.05 Å². The van der Waals surface area contributed by atoms with Crippen molar-refractivity contribution in [3.63, 3.8) is 0 Å². The largest absolute Gasteiger partial charge is 0.488 e. The van der Waals surface area contributed by atoms with E-state index in [0.717, 1.165) is 56.1 Å². The number of likely N-dealkylation sites (N-methyl/N-ethyl adjacent to an activating group) is 1. The Hall–Kier alpha value is -3.54. The van der Waals surface area contributed by atoms with Crippen LogP contribution in [0.1, 0.15) is 47.8 Å². The molecule has 2 aromatic carbocycles. The van der Waals surface area contributed by atoms with Gasteiger partial charge in [0.25, 0.3) is 5.56 Å². The van der Waals surface area contributed by atoms with Crippen LogP contribution < -0.4 is 20.9 Å². The van der Waals surface area contributed by atoms with Crippen molar-refractivity contribution in [1.29, 1.82) is 0 Å². The third-order valence-corrected chi connectivity index (χ3v) is 9.42. The summed E-state index contributed by atoms with van der Waals surface area (Å²) in [5, 5.41) is 10.1. The van der Waals surface area contributed by atoms with Gasteiger partial charge in [-0.25, -0.2) is 4.68 Å². The zero-order chi connectivity index (χ0) is 30.1. The Kier molecular flexibility index (Phi) is 8.65. The molecule has 10 nitrogen and oxygen atoms in total.